The van der Waals surface area contributed by atoms with Gasteiger partial charge in [-0.3, -0.25) is 4.79 Å². The Balaban J connectivity index is 0.00000264. The number of piperidine rings is 1. The summed E-state index contributed by atoms with van der Waals surface area (Å²) in [7, 11) is 4.05. The lowest BCUT2D eigenvalue weighted by Crippen LogP contribution is -2.46. The number of hydrogen-bond donors (Lipinski definition) is 2. The highest BCUT2D eigenvalue weighted by Gasteiger charge is 2.19. The van der Waals surface area contributed by atoms with E-state index in [1.54, 1.807) is 0 Å². The molecule has 7 heteroatoms. The number of benzene rings is 1. The highest BCUT2D eigenvalue weighted by Crippen LogP contribution is 2.12. The van der Waals surface area contributed by atoms with Gasteiger partial charge in [0, 0.05) is 13.1 Å². The number of hydrogen-bond acceptors (Lipinski definition) is 4. The average Bonchev–Trinajstić information content (AvgIpc) is 2.54. The maximum atomic E-state index is 12.0. The first-order valence-corrected chi connectivity index (χ1v) is 8.03. The molecular formula is C17H29Cl2N3O2. The summed E-state index contributed by atoms with van der Waals surface area (Å²) >= 11 is 0. The second kappa shape index (κ2) is 12.4. The summed E-state index contributed by atoms with van der Waals surface area (Å²) in [5.74, 6) is 0.969. The number of ether oxygens (including phenoxy) is 1. The third kappa shape index (κ3) is 8.20. The van der Waals surface area contributed by atoms with Crippen molar-refractivity contribution in [1.82, 2.24) is 15.5 Å². The molecule has 1 aliphatic heterocycles. The van der Waals surface area contributed by atoms with Gasteiger partial charge in [-0.15, -0.1) is 24.8 Å². The lowest BCUT2D eigenvalue weighted by molar-refractivity contribution is -0.123. The van der Waals surface area contributed by atoms with Crippen molar-refractivity contribution in [2.75, 3.05) is 33.8 Å². The van der Waals surface area contributed by atoms with Gasteiger partial charge in [0.2, 0.25) is 5.91 Å². The molecule has 2 rings (SSSR count). The van der Waals surface area contributed by atoms with Crippen molar-refractivity contribution in [3.63, 3.8) is 0 Å². The SMILES string of the molecule is CN(C)CCOc1ccc(CNC(=O)[C@H]2CCCCN2)cc1.Cl.Cl. The zero-order valence-corrected chi connectivity index (χ0v) is 16.0. The Hall–Kier alpha value is -1.01. The number of nitrogens with zero attached hydrogens (tertiary/aromatic N) is 1. The molecule has 1 aromatic rings. The number of likely N-dealkylation sites (N-methyl/N-ethyl adjacent to an activating group) is 1. The van der Waals surface area contributed by atoms with Gasteiger partial charge in [-0.25, -0.2) is 0 Å². The van der Waals surface area contributed by atoms with Crippen LogP contribution in [0.5, 0.6) is 5.75 Å². The van der Waals surface area contributed by atoms with E-state index in [0.29, 0.717) is 13.2 Å². The van der Waals surface area contributed by atoms with Gasteiger partial charge in [0.1, 0.15) is 12.4 Å². The summed E-state index contributed by atoms with van der Waals surface area (Å²) in [4.78, 5) is 14.1. The van der Waals surface area contributed by atoms with Crippen LogP contribution in [0, 0.1) is 0 Å². The molecule has 0 radical (unpaired) electrons. The van der Waals surface area contributed by atoms with Crippen molar-refractivity contribution in [2.24, 2.45) is 0 Å². The van der Waals surface area contributed by atoms with Crippen LogP contribution in [0.2, 0.25) is 0 Å². The molecule has 0 spiro atoms. The Kier molecular flexibility index (Phi) is 11.8. The largest absolute Gasteiger partial charge is 0.492 e. The molecule has 0 aliphatic carbocycles. The van der Waals surface area contributed by atoms with Crippen LogP contribution in [-0.4, -0.2) is 50.6 Å². The molecule has 24 heavy (non-hydrogen) atoms. The Morgan fingerprint density at radius 1 is 1.25 bits per heavy atom. The van der Waals surface area contributed by atoms with Crippen LogP contribution in [0.1, 0.15) is 24.8 Å². The molecule has 0 unspecified atom stereocenters. The molecule has 1 amide bonds. The zero-order chi connectivity index (χ0) is 15.8. The van der Waals surface area contributed by atoms with E-state index < -0.39 is 0 Å². The van der Waals surface area contributed by atoms with Gasteiger partial charge in [0.05, 0.1) is 6.04 Å². The van der Waals surface area contributed by atoms with Crippen molar-refractivity contribution in [1.29, 1.82) is 0 Å². The molecule has 0 aromatic heterocycles. The first-order chi connectivity index (χ1) is 10.6. The monoisotopic (exact) mass is 377 g/mol. The molecule has 0 bridgehead atoms. The minimum absolute atomic E-state index is 0. The third-order valence-electron chi connectivity index (χ3n) is 3.82. The first kappa shape index (κ1) is 23.0. The summed E-state index contributed by atoms with van der Waals surface area (Å²) < 4.78 is 5.65. The molecule has 1 aromatic carbocycles. The van der Waals surface area contributed by atoms with E-state index >= 15 is 0 Å². The van der Waals surface area contributed by atoms with Crippen LogP contribution in [0.4, 0.5) is 0 Å². The molecule has 1 aliphatic rings. The fraction of sp³-hybridized carbons (Fsp3) is 0.588. The number of halogens is 2. The normalized spacial score (nSPS) is 16.7. The minimum Gasteiger partial charge on any atom is -0.492 e. The number of carbonyl (C=O) groups is 1. The van der Waals surface area contributed by atoms with Gasteiger partial charge in [-0.1, -0.05) is 18.6 Å². The van der Waals surface area contributed by atoms with Crippen LogP contribution in [0.15, 0.2) is 24.3 Å². The van der Waals surface area contributed by atoms with Gasteiger partial charge in [0.25, 0.3) is 0 Å². The Bertz CT molecular complexity index is 463. The quantitative estimate of drug-likeness (QED) is 0.764. The van der Waals surface area contributed by atoms with Crippen molar-refractivity contribution in [2.45, 2.75) is 31.8 Å². The Labute approximate surface area is 157 Å². The van der Waals surface area contributed by atoms with E-state index in [1.807, 2.05) is 38.4 Å². The van der Waals surface area contributed by atoms with Gasteiger partial charge < -0.3 is 20.3 Å². The van der Waals surface area contributed by atoms with Crippen LogP contribution >= 0.6 is 24.8 Å². The number of nitrogens with one attached hydrogen (secondary N) is 2. The Morgan fingerprint density at radius 2 is 1.96 bits per heavy atom. The molecule has 1 fully saturated rings. The molecular weight excluding hydrogens is 349 g/mol. The van der Waals surface area contributed by atoms with Crippen molar-refractivity contribution in [3.8, 4) is 5.75 Å². The lowest BCUT2D eigenvalue weighted by atomic mass is 10.0. The summed E-state index contributed by atoms with van der Waals surface area (Å²) in [6.07, 6.45) is 3.23. The summed E-state index contributed by atoms with van der Waals surface area (Å²) in [6, 6.07) is 7.88. The van der Waals surface area contributed by atoms with Gasteiger partial charge >= 0.3 is 0 Å². The number of carbonyl (C=O) groups excluding carboxylic acids is 1. The predicted molar refractivity (Wildman–Crippen MR) is 102 cm³/mol. The van der Waals surface area contributed by atoms with E-state index in [-0.39, 0.29) is 36.8 Å². The minimum atomic E-state index is -0.0256. The highest BCUT2D eigenvalue weighted by molar-refractivity contribution is 5.85. The molecule has 138 valence electrons. The fourth-order valence-electron chi connectivity index (χ4n) is 2.44. The molecule has 1 atom stereocenters. The van der Waals surface area contributed by atoms with E-state index in [2.05, 4.69) is 15.5 Å². The average molecular weight is 378 g/mol. The maximum Gasteiger partial charge on any atom is 0.237 e. The van der Waals surface area contributed by atoms with Crippen LogP contribution in [-0.2, 0) is 11.3 Å². The topological polar surface area (TPSA) is 53.6 Å². The molecule has 5 nitrogen and oxygen atoms in total. The van der Waals surface area contributed by atoms with Crippen LogP contribution in [0.25, 0.3) is 0 Å². The van der Waals surface area contributed by atoms with Crippen molar-refractivity contribution < 1.29 is 9.53 Å². The van der Waals surface area contributed by atoms with E-state index in [1.165, 1.54) is 6.42 Å². The predicted octanol–water partition coefficient (Wildman–Crippen LogP) is 2.23. The van der Waals surface area contributed by atoms with E-state index in [4.69, 9.17) is 4.74 Å². The summed E-state index contributed by atoms with van der Waals surface area (Å²) in [5, 5.41) is 6.26. The standard InChI is InChI=1S/C17H27N3O2.2ClH/c1-20(2)11-12-22-15-8-6-14(7-9-15)13-19-17(21)16-5-3-4-10-18-16;;/h6-9,16,18H,3-5,10-13H2,1-2H3,(H,19,21);2*1H/t16-;;/m1../s1. The Morgan fingerprint density at radius 3 is 2.54 bits per heavy atom. The van der Waals surface area contributed by atoms with Gasteiger partial charge in [0.15, 0.2) is 0 Å². The summed E-state index contributed by atoms with van der Waals surface area (Å²) in [6.45, 7) is 3.08. The van der Waals surface area contributed by atoms with E-state index in [9.17, 15) is 4.79 Å². The maximum absolute atomic E-state index is 12.0. The number of amides is 1. The van der Waals surface area contributed by atoms with Gasteiger partial charge in [-0.2, -0.15) is 0 Å². The van der Waals surface area contributed by atoms with Crippen molar-refractivity contribution >= 4 is 30.7 Å². The smallest absolute Gasteiger partial charge is 0.237 e. The summed E-state index contributed by atoms with van der Waals surface area (Å²) in [5.41, 5.74) is 1.09. The van der Waals surface area contributed by atoms with Crippen molar-refractivity contribution in [3.05, 3.63) is 29.8 Å². The highest BCUT2D eigenvalue weighted by atomic mass is 35.5. The second-order valence-electron chi connectivity index (χ2n) is 6.02. The molecule has 2 N–H and O–H groups in total. The lowest BCUT2D eigenvalue weighted by Gasteiger charge is -2.22. The molecule has 1 heterocycles. The van der Waals surface area contributed by atoms with Crippen LogP contribution < -0.4 is 15.4 Å². The molecule has 1 saturated heterocycles. The number of rotatable bonds is 7. The second-order valence-corrected chi connectivity index (χ2v) is 6.02. The van der Waals surface area contributed by atoms with Gasteiger partial charge in [-0.05, 0) is 51.2 Å². The fourth-order valence-corrected chi connectivity index (χ4v) is 2.44. The zero-order valence-electron chi connectivity index (χ0n) is 14.4. The molecule has 0 saturated carbocycles. The van der Waals surface area contributed by atoms with Crippen LogP contribution in [0.3, 0.4) is 0 Å². The third-order valence-corrected chi connectivity index (χ3v) is 3.82. The first-order valence-electron chi connectivity index (χ1n) is 8.03. The van der Waals surface area contributed by atoms with E-state index in [0.717, 1.165) is 37.2 Å².